The quantitative estimate of drug-likeness (QED) is 0.585. The molecule has 0 bridgehead atoms. The lowest BCUT2D eigenvalue weighted by atomic mass is 10.2. The average molecular weight is 458 g/mol. The number of alkyl halides is 3. The van der Waals surface area contributed by atoms with E-state index in [1.807, 2.05) is 0 Å². The smallest absolute Gasteiger partial charge is 0.417 e. The van der Waals surface area contributed by atoms with Gasteiger partial charge in [0.25, 0.3) is 5.56 Å². The van der Waals surface area contributed by atoms with E-state index in [2.05, 4.69) is 10.3 Å². The van der Waals surface area contributed by atoms with Crippen LogP contribution in [0.5, 0.6) is 0 Å². The minimum Gasteiger partial charge on any atom is -0.462 e. The summed E-state index contributed by atoms with van der Waals surface area (Å²) in [7, 11) is 0. The Balaban J connectivity index is 1.90. The third-order valence-electron chi connectivity index (χ3n) is 4.20. The van der Waals surface area contributed by atoms with Crippen LogP contribution in [0.3, 0.4) is 0 Å². The van der Waals surface area contributed by atoms with Gasteiger partial charge in [-0.2, -0.15) is 13.2 Å². The number of aryl methyl sites for hydroxylation is 1. The Morgan fingerprint density at radius 3 is 2.68 bits per heavy atom. The molecule has 0 radical (unpaired) electrons. The van der Waals surface area contributed by atoms with E-state index in [-0.39, 0.29) is 34.7 Å². The SMILES string of the molecule is CCOC(=O)c1c(C)oc2ncn(CC(=O)Nc3ccc(Cl)c(C(F)(F)F)c3)c(=O)c12. The van der Waals surface area contributed by atoms with Crippen LogP contribution in [0.4, 0.5) is 18.9 Å². The summed E-state index contributed by atoms with van der Waals surface area (Å²) in [4.78, 5) is 41.2. The van der Waals surface area contributed by atoms with E-state index in [9.17, 15) is 27.6 Å². The lowest BCUT2D eigenvalue weighted by molar-refractivity contribution is -0.137. The molecule has 8 nitrogen and oxygen atoms in total. The first-order chi connectivity index (χ1) is 14.5. The number of amides is 1. The number of fused-ring (bicyclic) bond motifs is 1. The van der Waals surface area contributed by atoms with Gasteiger partial charge >= 0.3 is 12.1 Å². The predicted octanol–water partition coefficient (Wildman–Crippen LogP) is 3.79. The van der Waals surface area contributed by atoms with E-state index < -0.39 is 40.7 Å². The van der Waals surface area contributed by atoms with Crippen molar-refractivity contribution in [2.45, 2.75) is 26.6 Å². The molecule has 12 heteroatoms. The van der Waals surface area contributed by atoms with E-state index in [1.54, 1.807) is 6.92 Å². The van der Waals surface area contributed by atoms with Crippen LogP contribution in [0.1, 0.15) is 28.6 Å². The van der Waals surface area contributed by atoms with Gasteiger partial charge in [0.1, 0.15) is 29.6 Å². The largest absolute Gasteiger partial charge is 0.462 e. The Bertz CT molecular complexity index is 1230. The second-order valence-corrected chi connectivity index (χ2v) is 6.76. The number of aromatic nitrogens is 2. The minimum atomic E-state index is -4.70. The van der Waals surface area contributed by atoms with Crippen molar-refractivity contribution in [3.8, 4) is 0 Å². The molecule has 31 heavy (non-hydrogen) atoms. The normalized spacial score (nSPS) is 11.5. The number of anilines is 1. The lowest BCUT2D eigenvalue weighted by Crippen LogP contribution is -2.28. The van der Waals surface area contributed by atoms with E-state index in [4.69, 9.17) is 20.8 Å². The van der Waals surface area contributed by atoms with Crippen LogP contribution in [-0.4, -0.2) is 28.0 Å². The van der Waals surface area contributed by atoms with Crippen molar-refractivity contribution in [2.75, 3.05) is 11.9 Å². The molecule has 0 saturated heterocycles. The van der Waals surface area contributed by atoms with Gasteiger partial charge in [-0.25, -0.2) is 9.78 Å². The molecule has 0 aliphatic carbocycles. The van der Waals surface area contributed by atoms with Gasteiger partial charge in [0.05, 0.1) is 17.2 Å². The van der Waals surface area contributed by atoms with E-state index in [0.29, 0.717) is 6.07 Å². The maximum Gasteiger partial charge on any atom is 0.417 e. The van der Waals surface area contributed by atoms with Crippen LogP contribution in [0.2, 0.25) is 5.02 Å². The molecule has 0 aliphatic heterocycles. The van der Waals surface area contributed by atoms with Crippen molar-refractivity contribution >= 4 is 40.3 Å². The fourth-order valence-corrected chi connectivity index (χ4v) is 3.10. The van der Waals surface area contributed by atoms with Crippen molar-refractivity contribution in [1.29, 1.82) is 0 Å². The van der Waals surface area contributed by atoms with Crippen LogP contribution in [0.25, 0.3) is 11.1 Å². The highest BCUT2D eigenvalue weighted by molar-refractivity contribution is 6.31. The summed E-state index contributed by atoms with van der Waals surface area (Å²) in [5.74, 6) is -1.45. The molecular formula is C19H15ClF3N3O5. The average Bonchev–Trinajstić information content (AvgIpc) is 3.02. The van der Waals surface area contributed by atoms with Crippen molar-refractivity contribution in [3.63, 3.8) is 0 Å². The fourth-order valence-electron chi connectivity index (χ4n) is 2.87. The topological polar surface area (TPSA) is 103 Å². The van der Waals surface area contributed by atoms with Crippen LogP contribution in [0, 0.1) is 6.92 Å². The molecule has 1 amide bonds. The maximum absolute atomic E-state index is 13.0. The number of hydrogen-bond donors (Lipinski definition) is 1. The summed E-state index contributed by atoms with van der Waals surface area (Å²) in [6.07, 6.45) is -3.67. The Labute approximate surface area is 177 Å². The third kappa shape index (κ3) is 4.55. The number of rotatable bonds is 5. The molecule has 0 atom stereocenters. The molecule has 3 aromatic rings. The van der Waals surface area contributed by atoms with Crippen molar-refractivity contribution in [1.82, 2.24) is 9.55 Å². The Morgan fingerprint density at radius 2 is 2.03 bits per heavy atom. The zero-order valence-electron chi connectivity index (χ0n) is 16.2. The Hall–Kier alpha value is -3.34. The summed E-state index contributed by atoms with van der Waals surface area (Å²) < 4.78 is 50.1. The van der Waals surface area contributed by atoms with Gasteiger partial charge in [-0.15, -0.1) is 0 Å². The number of esters is 1. The summed E-state index contributed by atoms with van der Waals surface area (Å²) in [5, 5.41) is 1.60. The summed E-state index contributed by atoms with van der Waals surface area (Å²) in [5.41, 5.74) is -2.21. The number of carbonyl (C=O) groups excluding carboxylic acids is 2. The molecule has 2 heterocycles. The van der Waals surface area contributed by atoms with Crippen molar-refractivity contribution in [3.05, 3.63) is 56.8 Å². The summed E-state index contributed by atoms with van der Waals surface area (Å²) in [6, 6.07) is 2.88. The highest BCUT2D eigenvalue weighted by Crippen LogP contribution is 2.36. The van der Waals surface area contributed by atoms with Gasteiger partial charge in [-0.3, -0.25) is 14.2 Å². The molecule has 1 N–H and O–H groups in total. The molecule has 0 spiro atoms. The predicted molar refractivity (Wildman–Crippen MR) is 104 cm³/mol. The highest BCUT2D eigenvalue weighted by Gasteiger charge is 2.33. The highest BCUT2D eigenvalue weighted by atomic mass is 35.5. The molecular weight excluding hydrogens is 443 g/mol. The van der Waals surface area contributed by atoms with E-state index in [0.717, 1.165) is 17.0 Å². The molecule has 0 fully saturated rings. The standard InChI is InChI=1S/C19H15ClF3N3O5/c1-3-30-18(29)14-9(2)31-16-15(14)17(28)26(8-24-16)7-13(27)25-10-4-5-12(20)11(6-10)19(21,22)23/h4-6,8H,3,7H2,1-2H3,(H,25,27). The first-order valence-corrected chi connectivity index (χ1v) is 9.23. The molecule has 0 aliphatic rings. The zero-order valence-corrected chi connectivity index (χ0v) is 16.9. The zero-order chi connectivity index (χ0) is 22.9. The van der Waals surface area contributed by atoms with Gasteiger partial charge in [0.15, 0.2) is 0 Å². The van der Waals surface area contributed by atoms with E-state index >= 15 is 0 Å². The van der Waals surface area contributed by atoms with Crippen molar-refractivity contribution < 1.29 is 31.9 Å². The number of carbonyl (C=O) groups is 2. The Kier molecular flexibility index (Phi) is 6.07. The minimum absolute atomic E-state index is 0.0722. The molecule has 2 aromatic heterocycles. The summed E-state index contributed by atoms with van der Waals surface area (Å²) >= 11 is 5.56. The Morgan fingerprint density at radius 1 is 1.32 bits per heavy atom. The van der Waals surface area contributed by atoms with Gasteiger partial charge in [0, 0.05) is 5.69 Å². The number of nitrogens with one attached hydrogen (secondary N) is 1. The monoisotopic (exact) mass is 457 g/mol. The summed E-state index contributed by atoms with van der Waals surface area (Å²) in [6.45, 7) is 2.56. The number of halogens is 4. The molecule has 0 saturated carbocycles. The third-order valence-corrected chi connectivity index (χ3v) is 4.53. The fraction of sp³-hybridized carbons (Fsp3) is 0.263. The van der Waals surface area contributed by atoms with Gasteiger partial charge in [0.2, 0.25) is 11.6 Å². The van der Waals surface area contributed by atoms with Crippen LogP contribution in [0.15, 0.2) is 33.7 Å². The van der Waals surface area contributed by atoms with Crippen LogP contribution < -0.4 is 10.9 Å². The maximum atomic E-state index is 13.0. The number of benzene rings is 1. The van der Waals surface area contributed by atoms with Gasteiger partial charge in [-0.05, 0) is 32.0 Å². The van der Waals surface area contributed by atoms with Gasteiger partial charge in [-0.1, -0.05) is 11.6 Å². The number of hydrogen-bond acceptors (Lipinski definition) is 6. The van der Waals surface area contributed by atoms with Crippen molar-refractivity contribution in [2.24, 2.45) is 0 Å². The number of furan rings is 1. The second-order valence-electron chi connectivity index (χ2n) is 6.35. The molecule has 1 aromatic carbocycles. The first-order valence-electron chi connectivity index (χ1n) is 8.85. The van der Waals surface area contributed by atoms with Gasteiger partial charge < -0.3 is 14.5 Å². The second kappa shape index (κ2) is 8.42. The number of ether oxygens (including phenoxy) is 1. The molecule has 3 rings (SSSR count). The first kappa shape index (κ1) is 22.3. The van der Waals surface area contributed by atoms with E-state index in [1.165, 1.54) is 13.0 Å². The lowest BCUT2D eigenvalue weighted by Gasteiger charge is -2.12. The number of nitrogens with zero attached hydrogens (tertiary/aromatic N) is 2. The molecule has 164 valence electrons. The van der Waals surface area contributed by atoms with Crippen LogP contribution >= 0.6 is 11.6 Å². The molecule has 0 unspecified atom stereocenters. The van der Waals surface area contributed by atoms with Crippen LogP contribution in [-0.2, 0) is 22.3 Å².